The minimum Gasteiger partial charge on any atom is -0.480 e. The third-order valence-electron chi connectivity index (χ3n) is 0.175. The van der Waals surface area contributed by atoms with E-state index in [1.54, 1.807) is 0 Å². The van der Waals surface area contributed by atoms with Crippen LogP contribution in [0.5, 0.6) is 0 Å². The minimum atomic E-state index is -0.968. The van der Waals surface area contributed by atoms with Gasteiger partial charge in [0.1, 0.15) is 0 Å². The zero-order valence-corrected chi connectivity index (χ0v) is 4.14. The number of hydrogen-bond donors (Lipinski definition) is 2. The van der Waals surface area contributed by atoms with E-state index in [0.29, 0.717) is 0 Å². The van der Waals surface area contributed by atoms with E-state index in [9.17, 15) is 4.79 Å². The molecule has 54 valence electrons. The second-order valence-corrected chi connectivity index (χ2v) is 0.598. The van der Waals surface area contributed by atoms with Crippen LogP contribution in [0.25, 0.3) is 0 Å². The molecule has 8 heavy (non-hydrogen) atoms. The summed E-state index contributed by atoms with van der Waals surface area (Å²) in [5, 5.41) is 7.60. The third-order valence-corrected chi connectivity index (χ3v) is 0.175. The Morgan fingerprint density at radius 1 is 1.38 bits per heavy atom. The van der Waals surface area contributed by atoms with E-state index in [2.05, 4.69) is 5.73 Å². The lowest BCUT2D eigenvalue weighted by atomic mass is 10.7. The van der Waals surface area contributed by atoms with Crippen molar-refractivity contribution in [1.29, 1.82) is 0 Å². The maximum Gasteiger partial charge on any atom is 0.317 e. The number of aliphatic carboxylic acids is 1. The van der Waals surface area contributed by atoms with Gasteiger partial charge in [-0.1, -0.05) is 0 Å². The molecule has 0 saturated carbocycles. The van der Waals surface area contributed by atoms with Crippen LogP contribution in [0.1, 0.15) is 0 Å². The summed E-state index contributed by atoms with van der Waals surface area (Å²) in [6.45, 7) is -0.278. The SMILES string of the molecule is NCC(=O)O.O.O.O. The lowest BCUT2D eigenvalue weighted by molar-refractivity contribution is -0.135. The number of hydrogen-bond acceptors (Lipinski definition) is 2. The molecule has 0 aromatic carbocycles. The molecule has 0 aliphatic carbocycles. The molecule has 0 aromatic heterocycles. The van der Waals surface area contributed by atoms with Crippen LogP contribution in [-0.4, -0.2) is 34.0 Å². The highest BCUT2D eigenvalue weighted by Gasteiger charge is 1.81. The summed E-state index contributed by atoms with van der Waals surface area (Å²) < 4.78 is 0. The summed E-state index contributed by atoms with van der Waals surface area (Å²) in [6, 6.07) is 0. The molecule has 0 amide bonds. The smallest absolute Gasteiger partial charge is 0.317 e. The van der Waals surface area contributed by atoms with Crippen molar-refractivity contribution in [3.8, 4) is 0 Å². The highest BCUT2D eigenvalue weighted by molar-refractivity contribution is 5.68. The number of nitrogens with two attached hydrogens (primary N) is 1. The van der Waals surface area contributed by atoms with E-state index in [4.69, 9.17) is 5.11 Å². The molecule has 0 spiro atoms. The van der Waals surface area contributed by atoms with Crippen molar-refractivity contribution in [3.63, 3.8) is 0 Å². The Hall–Kier alpha value is -0.690. The zero-order chi connectivity index (χ0) is 4.28. The van der Waals surface area contributed by atoms with Crippen LogP contribution >= 0.6 is 0 Å². The first kappa shape index (κ1) is 26.6. The van der Waals surface area contributed by atoms with Crippen LogP contribution in [0.4, 0.5) is 0 Å². The lowest BCUT2D eigenvalue weighted by Gasteiger charge is -1.73. The van der Waals surface area contributed by atoms with Crippen molar-refractivity contribution in [2.24, 2.45) is 5.73 Å². The summed E-state index contributed by atoms with van der Waals surface area (Å²) in [4.78, 5) is 9.24. The second kappa shape index (κ2) is 16.2. The van der Waals surface area contributed by atoms with Gasteiger partial charge < -0.3 is 27.3 Å². The van der Waals surface area contributed by atoms with Gasteiger partial charge in [-0.25, -0.2) is 0 Å². The van der Waals surface area contributed by atoms with Gasteiger partial charge in [0.05, 0.1) is 6.54 Å². The maximum atomic E-state index is 9.24. The van der Waals surface area contributed by atoms with Gasteiger partial charge in [0.2, 0.25) is 0 Å². The minimum absolute atomic E-state index is 0. The van der Waals surface area contributed by atoms with Crippen molar-refractivity contribution < 1.29 is 26.3 Å². The summed E-state index contributed by atoms with van der Waals surface area (Å²) in [5.74, 6) is -0.968. The predicted molar refractivity (Wildman–Crippen MR) is 27.5 cm³/mol. The Labute approximate surface area is 45.8 Å². The molecular formula is C2H11NO5. The number of rotatable bonds is 1. The van der Waals surface area contributed by atoms with E-state index >= 15 is 0 Å². The quantitative estimate of drug-likeness (QED) is 0.377. The maximum absolute atomic E-state index is 9.24. The van der Waals surface area contributed by atoms with E-state index in [1.807, 2.05) is 0 Å². The van der Waals surface area contributed by atoms with Crippen molar-refractivity contribution in [3.05, 3.63) is 0 Å². The van der Waals surface area contributed by atoms with E-state index in [1.165, 1.54) is 0 Å². The van der Waals surface area contributed by atoms with Crippen molar-refractivity contribution in [2.75, 3.05) is 6.54 Å². The van der Waals surface area contributed by atoms with Gasteiger partial charge in [-0.3, -0.25) is 4.79 Å². The Morgan fingerprint density at radius 2 is 1.50 bits per heavy atom. The molecule has 0 aliphatic heterocycles. The van der Waals surface area contributed by atoms with Crippen molar-refractivity contribution >= 4 is 5.97 Å². The van der Waals surface area contributed by atoms with Gasteiger partial charge in [0, 0.05) is 0 Å². The topological polar surface area (TPSA) is 158 Å². The van der Waals surface area contributed by atoms with Gasteiger partial charge >= 0.3 is 5.97 Å². The molecule has 0 aromatic rings. The van der Waals surface area contributed by atoms with E-state index in [0.717, 1.165) is 0 Å². The fraction of sp³-hybridized carbons (Fsp3) is 0.500. The summed E-state index contributed by atoms with van der Waals surface area (Å²) in [5.41, 5.74) is 4.57. The van der Waals surface area contributed by atoms with E-state index < -0.39 is 5.97 Å². The fourth-order valence-electron chi connectivity index (χ4n) is 0. The van der Waals surface area contributed by atoms with Crippen LogP contribution in [-0.2, 0) is 4.79 Å². The molecule has 0 aliphatic rings. The Bertz CT molecular complexity index is 45.7. The molecule has 0 unspecified atom stereocenters. The largest absolute Gasteiger partial charge is 0.480 e. The van der Waals surface area contributed by atoms with Crippen LogP contribution in [0.3, 0.4) is 0 Å². The molecule has 6 nitrogen and oxygen atoms in total. The standard InChI is InChI=1S/C2H5NO2.3H2O/c3-1-2(4)5;;;/h1,3H2,(H,4,5);3*1H2. The normalized spacial score (nSPS) is 4.62. The summed E-state index contributed by atoms with van der Waals surface area (Å²) in [6.07, 6.45) is 0. The molecule has 0 saturated heterocycles. The van der Waals surface area contributed by atoms with Crippen molar-refractivity contribution in [1.82, 2.24) is 0 Å². The van der Waals surface area contributed by atoms with Gasteiger partial charge in [0.25, 0.3) is 0 Å². The number of carboxylic acids is 1. The average Bonchev–Trinajstić information content (AvgIpc) is 1.38. The third kappa shape index (κ3) is 57.5. The Morgan fingerprint density at radius 3 is 1.50 bits per heavy atom. The van der Waals surface area contributed by atoms with Gasteiger partial charge in [-0.15, -0.1) is 0 Å². The number of carboxylic acid groups (broad SMARTS) is 1. The highest BCUT2D eigenvalue weighted by Crippen LogP contribution is 1.43. The first-order chi connectivity index (χ1) is 2.27. The molecule has 0 atom stereocenters. The molecule has 9 N–H and O–H groups in total. The first-order valence-corrected chi connectivity index (χ1v) is 1.19. The molecule has 0 rings (SSSR count). The zero-order valence-electron chi connectivity index (χ0n) is 4.14. The first-order valence-electron chi connectivity index (χ1n) is 1.19. The molecular weight excluding hydrogens is 118 g/mol. The Balaban J connectivity index is -0.0000000267. The average molecular weight is 129 g/mol. The number of carbonyl (C=O) groups is 1. The molecule has 0 heterocycles. The van der Waals surface area contributed by atoms with Gasteiger partial charge in [-0.05, 0) is 0 Å². The summed E-state index contributed by atoms with van der Waals surface area (Å²) >= 11 is 0. The molecule has 6 heteroatoms. The molecule has 0 radical (unpaired) electrons. The lowest BCUT2D eigenvalue weighted by Crippen LogP contribution is -2.10. The van der Waals surface area contributed by atoms with Gasteiger partial charge in [-0.2, -0.15) is 0 Å². The van der Waals surface area contributed by atoms with Crippen LogP contribution in [0.2, 0.25) is 0 Å². The monoisotopic (exact) mass is 129 g/mol. The van der Waals surface area contributed by atoms with Crippen molar-refractivity contribution in [2.45, 2.75) is 0 Å². The molecule has 0 fully saturated rings. The second-order valence-electron chi connectivity index (χ2n) is 0.598. The fourth-order valence-corrected chi connectivity index (χ4v) is 0. The highest BCUT2D eigenvalue weighted by atomic mass is 16.4. The van der Waals surface area contributed by atoms with Crippen LogP contribution in [0, 0.1) is 0 Å². The van der Waals surface area contributed by atoms with Crippen LogP contribution in [0.15, 0.2) is 0 Å². The molecule has 0 bridgehead atoms. The predicted octanol–water partition coefficient (Wildman–Crippen LogP) is -3.44. The van der Waals surface area contributed by atoms with E-state index in [-0.39, 0.29) is 23.0 Å². The van der Waals surface area contributed by atoms with Gasteiger partial charge in [0.15, 0.2) is 0 Å². The van der Waals surface area contributed by atoms with Crippen LogP contribution < -0.4 is 5.73 Å². The Kier molecular flexibility index (Phi) is 53.9. The summed E-state index contributed by atoms with van der Waals surface area (Å²) in [7, 11) is 0.